The molecule has 17 heavy (non-hydrogen) atoms. The summed E-state index contributed by atoms with van der Waals surface area (Å²) >= 11 is 0. The van der Waals surface area contributed by atoms with E-state index >= 15 is 0 Å². The van der Waals surface area contributed by atoms with Crippen LogP contribution >= 0.6 is 0 Å². The molecule has 0 rings (SSSR count). The lowest BCUT2D eigenvalue weighted by molar-refractivity contribution is 0.339. The van der Waals surface area contributed by atoms with Crippen molar-refractivity contribution in [2.75, 3.05) is 6.61 Å². The van der Waals surface area contributed by atoms with Gasteiger partial charge >= 0.3 is 0 Å². The Morgan fingerprint density at radius 1 is 1.18 bits per heavy atom. The van der Waals surface area contributed by atoms with Crippen LogP contribution in [0.4, 0.5) is 0 Å². The van der Waals surface area contributed by atoms with E-state index in [1.165, 1.54) is 5.57 Å². The van der Waals surface area contributed by atoms with E-state index in [0.29, 0.717) is 0 Å². The highest BCUT2D eigenvalue weighted by atomic mass is 16.2. The van der Waals surface area contributed by atoms with Crippen LogP contribution in [-0.2, 0) is 0 Å². The fraction of sp³-hybridized carbons (Fsp3) is 0.500. The summed E-state index contributed by atoms with van der Waals surface area (Å²) in [7, 11) is 0. The van der Waals surface area contributed by atoms with Crippen molar-refractivity contribution in [1.82, 2.24) is 0 Å². The molecule has 0 aliphatic heterocycles. The zero-order valence-corrected chi connectivity index (χ0v) is 11.8. The number of hydrogen-bond acceptors (Lipinski definition) is 1. The van der Waals surface area contributed by atoms with E-state index in [-0.39, 0.29) is 12.0 Å². The summed E-state index contributed by atoms with van der Waals surface area (Å²) in [5.41, 5.74) is 2.46. The van der Waals surface area contributed by atoms with Gasteiger partial charge < -0.3 is 5.11 Å². The van der Waals surface area contributed by atoms with E-state index in [0.717, 1.165) is 12.0 Å². The molecule has 0 atom stereocenters. The first kappa shape index (κ1) is 15.9. The Labute approximate surface area is 106 Å². The third kappa shape index (κ3) is 7.76. The summed E-state index contributed by atoms with van der Waals surface area (Å²) in [6, 6.07) is 0. The molecule has 0 aliphatic rings. The number of rotatable bonds is 5. The molecule has 0 saturated carbocycles. The van der Waals surface area contributed by atoms with Gasteiger partial charge in [-0.1, -0.05) is 69.7 Å². The lowest BCUT2D eigenvalue weighted by Gasteiger charge is -2.20. The van der Waals surface area contributed by atoms with Gasteiger partial charge in [0.15, 0.2) is 0 Å². The molecule has 0 bridgehead atoms. The normalized spacial score (nSPS) is 15.2. The average Bonchev–Trinajstić information content (AvgIpc) is 2.23. The average molecular weight is 234 g/mol. The van der Waals surface area contributed by atoms with E-state index in [9.17, 15) is 0 Å². The van der Waals surface area contributed by atoms with Crippen LogP contribution < -0.4 is 0 Å². The Hall–Kier alpha value is -1.08. The first-order chi connectivity index (χ1) is 7.91. The van der Waals surface area contributed by atoms with Gasteiger partial charge in [-0.2, -0.15) is 0 Å². The molecule has 1 nitrogen and oxygen atoms in total. The molecule has 1 heteroatoms. The third-order valence-corrected chi connectivity index (χ3v) is 2.43. The molecule has 0 aliphatic carbocycles. The van der Waals surface area contributed by atoms with Crippen molar-refractivity contribution in [3.05, 3.63) is 47.6 Å². The van der Waals surface area contributed by atoms with Gasteiger partial charge in [0.1, 0.15) is 0 Å². The quantitative estimate of drug-likeness (QED) is 0.698. The standard InChI is InChI=1S/C16H26O/c1-6-7-9-14(2)10-8-11-15(12-13-17)16(3,4)5/h7-12,17H,6,13H2,1-5H3/b9-7+,11-8-,14-10+,15-12+. The Morgan fingerprint density at radius 3 is 2.29 bits per heavy atom. The maximum atomic E-state index is 8.99. The lowest BCUT2D eigenvalue weighted by atomic mass is 9.86. The van der Waals surface area contributed by atoms with E-state index in [1.807, 2.05) is 12.2 Å². The van der Waals surface area contributed by atoms with Crippen molar-refractivity contribution in [2.45, 2.75) is 41.0 Å². The molecular formula is C16H26O. The molecule has 0 aromatic heterocycles. The first-order valence-electron chi connectivity index (χ1n) is 6.24. The van der Waals surface area contributed by atoms with Gasteiger partial charge in [0.05, 0.1) is 6.61 Å². The molecule has 0 fully saturated rings. The maximum Gasteiger partial charge on any atom is 0.0618 e. The number of aliphatic hydroxyl groups is 1. The molecule has 0 aromatic carbocycles. The highest BCUT2D eigenvalue weighted by molar-refractivity contribution is 5.30. The first-order valence-corrected chi connectivity index (χ1v) is 6.24. The van der Waals surface area contributed by atoms with Gasteiger partial charge in [-0.05, 0) is 24.3 Å². The van der Waals surface area contributed by atoms with Crippen LogP contribution in [0.25, 0.3) is 0 Å². The van der Waals surface area contributed by atoms with Crippen LogP contribution in [0.5, 0.6) is 0 Å². The molecule has 0 amide bonds. The molecule has 0 saturated heterocycles. The van der Waals surface area contributed by atoms with Crippen molar-refractivity contribution in [3.63, 3.8) is 0 Å². The van der Waals surface area contributed by atoms with E-state index in [2.05, 4.69) is 58.9 Å². The summed E-state index contributed by atoms with van der Waals surface area (Å²) in [6.45, 7) is 10.7. The molecule has 0 radical (unpaired) electrons. The predicted octanol–water partition coefficient (Wildman–Crippen LogP) is 4.42. The van der Waals surface area contributed by atoms with Crippen LogP contribution in [0, 0.1) is 5.41 Å². The minimum Gasteiger partial charge on any atom is -0.392 e. The SMILES string of the molecule is CC/C=C/C(C)=C/C=C\C(=C/CO)C(C)(C)C. The zero-order chi connectivity index (χ0) is 13.3. The fourth-order valence-electron chi connectivity index (χ4n) is 1.39. The Kier molecular flexibility index (Phi) is 7.56. The van der Waals surface area contributed by atoms with Crippen molar-refractivity contribution >= 4 is 0 Å². The van der Waals surface area contributed by atoms with Crippen molar-refractivity contribution in [1.29, 1.82) is 0 Å². The molecule has 0 spiro atoms. The van der Waals surface area contributed by atoms with Gasteiger partial charge in [-0.25, -0.2) is 0 Å². The van der Waals surface area contributed by atoms with Crippen LogP contribution in [0.1, 0.15) is 41.0 Å². The molecule has 0 heterocycles. The van der Waals surface area contributed by atoms with Crippen molar-refractivity contribution in [2.24, 2.45) is 5.41 Å². The number of allylic oxidation sites excluding steroid dienone is 7. The van der Waals surface area contributed by atoms with E-state index in [1.54, 1.807) is 0 Å². The second-order valence-electron chi connectivity index (χ2n) is 5.17. The van der Waals surface area contributed by atoms with Crippen LogP contribution in [0.15, 0.2) is 47.6 Å². The van der Waals surface area contributed by atoms with Crippen LogP contribution in [0.3, 0.4) is 0 Å². The largest absolute Gasteiger partial charge is 0.392 e. The highest BCUT2D eigenvalue weighted by Gasteiger charge is 2.13. The maximum absolute atomic E-state index is 8.99. The monoisotopic (exact) mass is 234 g/mol. The van der Waals surface area contributed by atoms with Crippen molar-refractivity contribution < 1.29 is 5.11 Å². The topological polar surface area (TPSA) is 20.2 Å². The summed E-state index contributed by atoms with van der Waals surface area (Å²) in [5, 5.41) is 8.99. The Morgan fingerprint density at radius 2 is 1.82 bits per heavy atom. The fourth-order valence-corrected chi connectivity index (χ4v) is 1.39. The predicted molar refractivity (Wildman–Crippen MR) is 77.0 cm³/mol. The van der Waals surface area contributed by atoms with Gasteiger partial charge in [0, 0.05) is 0 Å². The minimum absolute atomic E-state index is 0.0697. The lowest BCUT2D eigenvalue weighted by Crippen LogP contribution is -2.08. The van der Waals surface area contributed by atoms with E-state index < -0.39 is 0 Å². The Bertz CT molecular complexity index is 322. The summed E-state index contributed by atoms with van der Waals surface area (Å²) in [4.78, 5) is 0. The Balaban J connectivity index is 4.69. The smallest absolute Gasteiger partial charge is 0.0618 e. The van der Waals surface area contributed by atoms with Crippen LogP contribution in [-0.4, -0.2) is 11.7 Å². The second-order valence-corrected chi connectivity index (χ2v) is 5.17. The van der Waals surface area contributed by atoms with Crippen molar-refractivity contribution in [3.8, 4) is 0 Å². The van der Waals surface area contributed by atoms with Gasteiger partial charge in [0.25, 0.3) is 0 Å². The second kappa shape index (κ2) is 8.08. The molecule has 1 N–H and O–H groups in total. The van der Waals surface area contributed by atoms with Gasteiger partial charge in [-0.3, -0.25) is 0 Å². The number of hydrogen-bond donors (Lipinski definition) is 1. The van der Waals surface area contributed by atoms with Gasteiger partial charge in [0.2, 0.25) is 0 Å². The van der Waals surface area contributed by atoms with Gasteiger partial charge in [-0.15, -0.1) is 0 Å². The zero-order valence-electron chi connectivity index (χ0n) is 11.8. The van der Waals surface area contributed by atoms with Crippen LogP contribution in [0.2, 0.25) is 0 Å². The summed E-state index contributed by atoms with van der Waals surface area (Å²) < 4.78 is 0. The summed E-state index contributed by atoms with van der Waals surface area (Å²) in [5.74, 6) is 0. The summed E-state index contributed by atoms with van der Waals surface area (Å²) in [6.07, 6.45) is 13.4. The van der Waals surface area contributed by atoms with E-state index in [4.69, 9.17) is 5.11 Å². The molecule has 0 aromatic rings. The molecular weight excluding hydrogens is 208 g/mol. The number of aliphatic hydroxyl groups excluding tert-OH is 1. The highest BCUT2D eigenvalue weighted by Crippen LogP contribution is 2.25. The minimum atomic E-state index is 0.0697. The third-order valence-electron chi connectivity index (χ3n) is 2.43. The molecule has 0 unspecified atom stereocenters. The molecule has 96 valence electrons.